The van der Waals surface area contributed by atoms with E-state index in [1.54, 1.807) is 36.4 Å². The second kappa shape index (κ2) is 4.47. The third-order valence-corrected chi connectivity index (χ3v) is 2.68. The first-order valence-electron chi connectivity index (χ1n) is 4.97. The van der Waals surface area contributed by atoms with E-state index in [9.17, 15) is 9.90 Å². The largest absolute Gasteiger partial charge is 0.507 e. The van der Waals surface area contributed by atoms with Gasteiger partial charge in [-0.15, -0.1) is 0 Å². The van der Waals surface area contributed by atoms with Crippen LogP contribution in [0.2, 0.25) is 5.02 Å². The molecule has 0 radical (unpaired) electrons. The zero-order valence-electron chi connectivity index (χ0n) is 8.85. The number of primary amides is 1. The van der Waals surface area contributed by atoms with Crippen molar-refractivity contribution in [3.63, 3.8) is 0 Å². The molecule has 0 fully saturated rings. The molecule has 0 atom stereocenters. The van der Waals surface area contributed by atoms with Crippen molar-refractivity contribution in [1.82, 2.24) is 0 Å². The molecule has 0 aromatic heterocycles. The summed E-state index contributed by atoms with van der Waals surface area (Å²) < 4.78 is 0. The van der Waals surface area contributed by atoms with Gasteiger partial charge in [-0.3, -0.25) is 4.79 Å². The lowest BCUT2D eigenvalue weighted by atomic mass is 9.98. The number of nitrogens with two attached hydrogens (primary N) is 1. The number of phenols is 1. The monoisotopic (exact) mass is 247 g/mol. The predicted octanol–water partition coefficient (Wildman–Crippen LogP) is 2.81. The molecular formula is C13H10ClNO2. The van der Waals surface area contributed by atoms with E-state index in [2.05, 4.69) is 0 Å². The Labute approximate surface area is 103 Å². The molecule has 0 aliphatic carbocycles. The first-order chi connectivity index (χ1) is 8.09. The van der Waals surface area contributed by atoms with Crippen molar-refractivity contribution in [1.29, 1.82) is 0 Å². The summed E-state index contributed by atoms with van der Waals surface area (Å²) in [5, 5.41) is 10.2. The van der Waals surface area contributed by atoms with E-state index in [0.29, 0.717) is 21.7 Å². The Morgan fingerprint density at radius 1 is 1.12 bits per heavy atom. The third kappa shape index (κ3) is 2.24. The minimum atomic E-state index is -0.532. The summed E-state index contributed by atoms with van der Waals surface area (Å²) in [4.78, 5) is 11.3. The van der Waals surface area contributed by atoms with Gasteiger partial charge < -0.3 is 10.8 Å². The van der Waals surface area contributed by atoms with Crippen LogP contribution in [0.15, 0.2) is 42.5 Å². The van der Waals surface area contributed by atoms with E-state index in [0.717, 1.165) is 0 Å². The van der Waals surface area contributed by atoms with E-state index in [1.807, 2.05) is 0 Å². The number of hydrogen-bond donors (Lipinski definition) is 2. The summed E-state index contributed by atoms with van der Waals surface area (Å²) in [6, 6.07) is 11.6. The minimum Gasteiger partial charge on any atom is -0.507 e. The van der Waals surface area contributed by atoms with Crippen LogP contribution in [0.3, 0.4) is 0 Å². The van der Waals surface area contributed by atoms with Gasteiger partial charge in [0.1, 0.15) is 5.75 Å². The quantitative estimate of drug-likeness (QED) is 0.857. The molecule has 0 saturated carbocycles. The van der Waals surface area contributed by atoms with Crippen LogP contribution in [0.25, 0.3) is 11.1 Å². The summed E-state index contributed by atoms with van der Waals surface area (Å²) in [5.74, 6) is -0.513. The number of aromatic hydroxyl groups is 1. The molecule has 0 saturated heterocycles. The number of benzene rings is 2. The van der Waals surface area contributed by atoms with Crippen molar-refractivity contribution >= 4 is 17.5 Å². The predicted molar refractivity (Wildman–Crippen MR) is 67.1 cm³/mol. The lowest BCUT2D eigenvalue weighted by Crippen LogP contribution is -2.12. The molecule has 0 bridgehead atoms. The number of amides is 1. The normalized spacial score (nSPS) is 10.2. The van der Waals surface area contributed by atoms with Gasteiger partial charge in [0.25, 0.3) is 0 Å². The molecule has 0 aliphatic heterocycles. The molecule has 0 heterocycles. The first kappa shape index (κ1) is 11.5. The Balaban J connectivity index is 2.64. The highest BCUT2D eigenvalue weighted by molar-refractivity contribution is 6.30. The van der Waals surface area contributed by atoms with Crippen LogP contribution in [0.5, 0.6) is 5.75 Å². The standard InChI is InChI=1S/C13H10ClNO2/c14-8-5-6-10(12(16)7-8)9-3-1-2-4-11(9)13(15)17/h1-7,16H,(H2,15,17). The molecule has 0 spiro atoms. The fourth-order valence-electron chi connectivity index (χ4n) is 1.67. The SMILES string of the molecule is NC(=O)c1ccccc1-c1ccc(Cl)cc1O. The second-order valence-corrected chi connectivity index (χ2v) is 4.01. The molecule has 17 heavy (non-hydrogen) atoms. The van der Waals surface area contributed by atoms with Crippen molar-refractivity contribution < 1.29 is 9.90 Å². The molecular weight excluding hydrogens is 238 g/mol. The molecule has 3 nitrogen and oxygen atoms in total. The van der Waals surface area contributed by atoms with Crippen molar-refractivity contribution in [2.24, 2.45) is 5.73 Å². The highest BCUT2D eigenvalue weighted by Crippen LogP contribution is 2.33. The molecule has 4 heteroatoms. The van der Waals surface area contributed by atoms with Gasteiger partial charge in [0.2, 0.25) is 5.91 Å². The molecule has 1 amide bonds. The van der Waals surface area contributed by atoms with Gasteiger partial charge in [-0.2, -0.15) is 0 Å². The van der Waals surface area contributed by atoms with Crippen LogP contribution in [0.4, 0.5) is 0 Å². The van der Waals surface area contributed by atoms with Gasteiger partial charge in [-0.1, -0.05) is 29.8 Å². The van der Waals surface area contributed by atoms with E-state index >= 15 is 0 Å². The van der Waals surface area contributed by atoms with Gasteiger partial charge in [0.05, 0.1) is 0 Å². The molecule has 2 aromatic carbocycles. The first-order valence-corrected chi connectivity index (χ1v) is 5.35. The van der Waals surface area contributed by atoms with E-state index < -0.39 is 5.91 Å². The maximum Gasteiger partial charge on any atom is 0.249 e. The minimum absolute atomic E-state index is 0.0196. The van der Waals surface area contributed by atoms with Gasteiger partial charge in [-0.05, 0) is 29.8 Å². The Bertz CT molecular complexity index is 581. The van der Waals surface area contributed by atoms with E-state index in [4.69, 9.17) is 17.3 Å². The maximum atomic E-state index is 11.3. The van der Waals surface area contributed by atoms with Crippen molar-refractivity contribution in [3.8, 4) is 16.9 Å². The maximum absolute atomic E-state index is 11.3. The van der Waals surface area contributed by atoms with Gasteiger partial charge >= 0.3 is 0 Å². The summed E-state index contributed by atoms with van der Waals surface area (Å²) >= 11 is 5.76. The van der Waals surface area contributed by atoms with Crippen LogP contribution in [0, 0.1) is 0 Å². The number of hydrogen-bond acceptors (Lipinski definition) is 2. The van der Waals surface area contributed by atoms with E-state index in [1.165, 1.54) is 6.07 Å². The highest BCUT2D eigenvalue weighted by atomic mass is 35.5. The Kier molecular flexibility index (Phi) is 3.02. The van der Waals surface area contributed by atoms with Crippen molar-refractivity contribution in [2.45, 2.75) is 0 Å². The zero-order chi connectivity index (χ0) is 12.4. The van der Waals surface area contributed by atoms with Crippen LogP contribution in [-0.2, 0) is 0 Å². The number of rotatable bonds is 2. The lowest BCUT2D eigenvalue weighted by molar-refractivity contribution is 0.100. The highest BCUT2D eigenvalue weighted by Gasteiger charge is 2.12. The fourth-order valence-corrected chi connectivity index (χ4v) is 1.83. The van der Waals surface area contributed by atoms with Gasteiger partial charge in [0, 0.05) is 16.1 Å². The summed E-state index contributed by atoms with van der Waals surface area (Å²) in [6.45, 7) is 0. The van der Waals surface area contributed by atoms with Gasteiger partial charge in [-0.25, -0.2) is 0 Å². The lowest BCUT2D eigenvalue weighted by Gasteiger charge is -2.08. The van der Waals surface area contributed by atoms with Crippen LogP contribution in [-0.4, -0.2) is 11.0 Å². The Morgan fingerprint density at radius 3 is 2.47 bits per heavy atom. The van der Waals surface area contributed by atoms with Crippen molar-refractivity contribution in [2.75, 3.05) is 0 Å². The number of halogens is 1. The molecule has 3 N–H and O–H groups in total. The zero-order valence-corrected chi connectivity index (χ0v) is 9.61. The summed E-state index contributed by atoms with van der Waals surface area (Å²) in [7, 11) is 0. The molecule has 2 aromatic rings. The molecule has 2 rings (SSSR count). The van der Waals surface area contributed by atoms with Gasteiger partial charge in [0.15, 0.2) is 0 Å². The Morgan fingerprint density at radius 2 is 1.82 bits per heavy atom. The molecule has 0 unspecified atom stereocenters. The Hall–Kier alpha value is -2.00. The van der Waals surface area contributed by atoms with Crippen LogP contribution in [0.1, 0.15) is 10.4 Å². The average Bonchev–Trinajstić information content (AvgIpc) is 2.29. The second-order valence-electron chi connectivity index (χ2n) is 3.57. The average molecular weight is 248 g/mol. The number of phenolic OH excluding ortho intramolecular Hbond substituents is 1. The van der Waals surface area contributed by atoms with Crippen LogP contribution >= 0.6 is 11.6 Å². The summed E-state index contributed by atoms with van der Waals surface area (Å²) in [6.07, 6.45) is 0. The van der Waals surface area contributed by atoms with Crippen LogP contribution < -0.4 is 5.73 Å². The summed E-state index contributed by atoms with van der Waals surface area (Å²) in [5.41, 5.74) is 6.77. The van der Waals surface area contributed by atoms with Crippen molar-refractivity contribution in [3.05, 3.63) is 53.1 Å². The molecule has 86 valence electrons. The number of carbonyl (C=O) groups excluding carboxylic acids is 1. The fraction of sp³-hybridized carbons (Fsp3) is 0. The third-order valence-electron chi connectivity index (χ3n) is 2.44. The topological polar surface area (TPSA) is 63.3 Å². The van der Waals surface area contributed by atoms with E-state index in [-0.39, 0.29) is 5.75 Å². The molecule has 0 aliphatic rings. The smallest absolute Gasteiger partial charge is 0.249 e. The number of carbonyl (C=O) groups is 1.